The number of hydrogen-bond donors (Lipinski definition) is 0. The third-order valence-corrected chi connectivity index (χ3v) is 8.78. The van der Waals surface area contributed by atoms with E-state index in [4.69, 9.17) is 16.6 Å². The second-order valence-electron chi connectivity index (χ2n) is 7.95. The van der Waals surface area contributed by atoms with Crippen molar-refractivity contribution in [3.8, 4) is 11.3 Å². The number of halogens is 2. The Labute approximate surface area is 209 Å². The van der Waals surface area contributed by atoms with Gasteiger partial charge in [-0.3, -0.25) is 0 Å². The molecule has 0 unspecified atom stereocenters. The number of nitrogens with zero attached hydrogens (tertiary/aromatic N) is 3. The van der Waals surface area contributed by atoms with Crippen molar-refractivity contribution in [2.45, 2.75) is 43.0 Å². The van der Waals surface area contributed by atoms with Gasteiger partial charge in [-0.15, -0.1) is 28.3 Å². The van der Waals surface area contributed by atoms with Crippen LogP contribution < -0.4 is 4.80 Å². The fourth-order valence-electron chi connectivity index (χ4n) is 3.97. The first-order chi connectivity index (χ1) is 14.9. The maximum Gasteiger partial charge on any atom is 0.244 e. The molecule has 1 fully saturated rings. The van der Waals surface area contributed by atoms with Gasteiger partial charge in [0.05, 0.1) is 16.4 Å². The summed E-state index contributed by atoms with van der Waals surface area (Å²) < 4.78 is 29.1. The van der Waals surface area contributed by atoms with E-state index in [2.05, 4.69) is 9.95 Å². The van der Waals surface area contributed by atoms with E-state index in [-0.39, 0.29) is 26.9 Å². The zero-order valence-electron chi connectivity index (χ0n) is 18.1. The van der Waals surface area contributed by atoms with E-state index in [1.807, 2.05) is 36.4 Å². The van der Waals surface area contributed by atoms with Crippen LogP contribution in [0.3, 0.4) is 0 Å². The van der Waals surface area contributed by atoms with Gasteiger partial charge in [0, 0.05) is 31.1 Å². The molecule has 4 rings (SSSR count). The molecule has 5 nitrogen and oxygen atoms in total. The van der Waals surface area contributed by atoms with Crippen LogP contribution >= 0.6 is 39.9 Å². The van der Waals surface area contributed by atoms with Crippen molar-refractivity contribution in [1.29, 1.82) is 0 Å². The number of benzene rings is 2. The molecule has 1 aromatic heterocycles. The minimum atomic E-state index is -3.65. The van der Waals surface area contributed by atoms with E-state index in [0.29, 0.717) is 6.04 Å². The van der Waals surface area contributed by atoms with Crippen LogP contribution in [0.25, 0.3) is 11.3 Å². The molecule has 0 aliphatic heterocycles. The summed E-state index contributed by atoms with van der Waals surface area (Å²) in [7, 11) is -0.614. The fourth-order valence-corrected chi connectivity index (χ4v) is 6.35. The molecule has 9 heteroatoms. The molecule has 0 spiro atoms. The van der Waals surface area contributed by atoms with Gasteiger partial charge < -0.3 is 4.57 Å². The average Bonchev–Trinajstić information content (AvgIpc) is 3.18. The highest BCUT2D eigenvalue weighted by Crippen LogP contribution is 2.35. The predicted octanol–water partition coefficient (Wildman–Crippen LogP) is 6.44. The molecule has 0 radical (unpaired) electrons. The molecular formula is C23H27BrClN3O2S2. The molecule has 1 aliphatic rings. The smallest absolute Gasteiger partial charge is 0.244 e. The van der Waals surface area contributed by atoms with Crippen LogP contribution in [0.1, 0.15) is 38.1 Å². The molecule has 32 heavy (non-hydrogen) atoms. The standard InChI is InChI=1S/C23H26ClN3O2S2.BrH/c1-26(2)31(28,29)22-15-17(13-14-20(22)24)21-16-30-23(25-18-9-5-3-6-10-18)27(21)19-11-7-4-8-12-19;/h3,5-6,9-10,13-16,19H,4,7-8,11-12H2,1-2H3;1H. The Bertz CT molecular complexity index is 1230. The number of sulfonamides is 1. The lowest BCUT2D eigenvalue weighted by Crippen LogP contribution is -2.24. The van der Waals surface area contributed by atoms with Crippen molar-refractivity contribution < 1.29 is 8.42 Å². The topological polar surface area (TPSA) is 54.7 Å². The zero-order valence-corrected chi connectivity index (χ0v) is 22.2. The zero-order chi connectivity index (χ0) is 22.0. The normalized spacial score (nSPS) is 15.7. The first-order valence-electron chi connectivity index (χ1n) is 10.4. The quantitative estimate of drug-likeness (QED) is 0.363. The van der Waals surface area contributed by atoms with Gasteiger partial charge in [0.1, 0.15) is 4.90 Å². The molecule has 1 aliphatic carbocycles. The van der Waals surface area contributed by atoms with Crippen molar-refractivity contribution in [3.63, 3.8) is 0 Å². The lowest BCUT2D eigenvalue weighted by Gasteiger charge is -2.25. The number of thiazole rings is 1. The van der Waals surface area contributed by atoms with E-state index in [0.717, 1.165) is 34.6 Å². The van der Waals surface area contributed by atoms with Gasteiger partial charge >= 0.3 is 0 Å². The van der Waals surface area contributed by atoms with Crippen LogP contribution in [0.15, 0.2) is 63.8 Å². The maximum atomic E-state index is 12.8. The minimum Gasteiger partial charge on any atom is -0.313 e. The molecule has 0 bridgehead atoms. The summed E-state index contributed by atoms with van der Waals surface area (Å²) in [6.45, 7) is 0. The minimum absolute atomic E-state index is 0. The van der Waals surface area contributed by atoms with Crippen molar-refractivity contribution in [1.82, 2.24) is 8.87 Å². The highest BCUT2D eigenvalue weighted by atomic mass is 79.9. The highest BCUT2D eigenvalue weighted by molar-refractivity contribution is 8.93. The van der Waals surface area contributed by atoms with Crippen molar-refractivity contribution in [2.24, 2.45) is 4.99 Å². The van der Waals surface area contributed by atoms with E-state index >= 15 is 0 Å². The summed E-state index contributed by atoms with van der Waals surface area (Å²) in [6, 6.07) is 15.5. The second-order valence-corrected chi connectivity index (χ2v) is 11.3. The Balaban J connectivity index is 0.00000289. The van der Waals surface area contributed by atoms with Crippen LogP contribution in [0.2, 0.25) is 5.02 Å². The molecule has 0 saturated heterocycles. The monoisotopic (exact) mass is 555 g/mol. The van der Waals surface area contributed by atoms with Crippen LogP contribution in [0, 0.1) is 0 Å². The molecule has 0 N–H and O–H groups in total. The fraction of sp³-hybridized carbons (Fsp3) is 0.348. The van der Waals surface area contributed by atoms with Gasteiger partial charge in [-0.25, -0.2) is 17.7 Å². The molecule has 2 aromatic carbocycles. The summed E-state index contributed by atoms with van der Waals surface area (Å²) in [5, 5.41) is 2.30. The van der Waals surface area contributed by atoms with Crippen LogP contribution in [-0.4, -0.2) is 31.4 Å². The summed E-state index contributed by atoms with van der Waals surface area (Å²) in [5.41, 5.74) is 2.73. The van der Waals surface area contributed by atoms with Crippen LogP contribution in [0.5, 0.6) is 0 Å². The average molecular weight is 557 g/mol. The van der Waals surface area contributed by atoms with Gasteiger partial charge in [0.15, 0.2) is 4.80 Å². The number of para-hydroxylation sites is 1. The van der Waals surface area contributed by atoms with Crippen LogP contribution in [0.4, 0.5) is 5.69 Å². The molecule has 172 valence electrons. The van der Waals surface area contributed by atoms with E-state index in [1.165, 1.54) is 37.7 Å². The first-order valence-corrected chi connectivity index (χ1v) is 13.1. The van der Waals surface area contributed by atoms with Crippen molar-refractivity contribution in [3.05, 3.63) is 63.7 Å². The predicted molar refractivity (Wildman–Crippen MR) is 138 cm³/mol. The summed E-state index contributed by atoms with van der Waals surface area (Å²) in [6.07, 6.45) is 5.84. The number of hydrogen-bond acceptors (Lipinski definition) is 4. The molecule has 0 atom stereocenters. The lowest BCUT2D eigenvalue weighted by atomic mass is 9.95. The lowest BCUT2D eigenvalue weighted by molar-refractivity contribution is 0.351. The Morgan fingerprint density at radius 3 is 2.41 bits per heavy atom. The summed E-state index contributed by atoms with van der Waals surface area (Å²) in [5.74, 6) is 0. The molecule has 1 saturated carbocycles. The molecule has 3 aromatic rings. The van der Waals surface area contributed by atoms with E-state index < -0.39 is 10.0 Å². The largest absolute Gasteiger partial charge is 0.313 e. The second kappa shape index (κ2) is 10.7. The highest BCUT2D eigenvalue weighted by Gasteiger charge is 2.24. The Morgan fingerprint density at radius 1 is 1.06 bits per heavy atom. The Kier molecular flexibility index (Phi) is 8.38. The Hall–Kier alpha value is -1.45. The Morgan fingerprint density at radius 2 is 1.75 bits per heavy atom. The first kappa shape index (κ1) is 25.2. The SMILES string of the molecule is Br.CN(C)S(=O)(=O)c1cc(-c2csc(=Nc3ccccc3)n2C2CCCCC2)ccc1Cl. The van der Waals surface area contributed by atoms with Gasteiger partial charge in [0.25, 0.3) is 0 Å². The van der Waals surface area contributed by atoms with Gasteiger partial charge in [0.2, 0.25) is 10.0 Å². The van der Waals surface area contributed by atoms with E-state index in [1.54, 1.807) is 23.5 Å². The van der Waals surface area contributed by atoms with Crippen LogP contribution in [-0.2, 0) is 10.0 Å². The molecule has 1 heterocycles. The van der Waals surface area contributed by atoms with Gasteiger partial charge in [-0.2, -0.15) is 0 Å². The third kappa shape index (κ3) is 5.20. The van der Waals surface area contributed by atoms with Gasteiger partial charge in [-0.05, 0) is 37.1 Å². The number of aromatic nitrogens is 1. The molecule has 0 amide bonds. The molecular weight excluding hydrogens is 530 g/mol. The van der Waals surface area contributed by atoms with Gasteiger partial charge in [-0.1, -0.05) is 55.1 Å². The van der Waals surface area contributed by atoms with Crippen molar-refractivity contribution >= 4 is 55.6 Å². The third-order valence-electron chi connectivity index (χ3n) is 5.65. The van der Waals surface area contributed by atoms with E-state index in [9.17, 15) is 8.42 Å². The maximum absolute atomic E-state index is 12.8. The summed E-state index contributed by atoms with van der Waals surface area (Å²) >= 11 is 7.87. The van der Waals surface area contributed by atoms with Crippen molar-refractivity contribution in [2.75, 3.05) is 14.1 Å². The number of rotatable bonds is 5. The summed E-state index contributed by atoms with van der Waals surface area (Å²) in [4.78, 5) is 5.96.